The Morgan fingerprint density at radius 3 is 2.31 bits per heavy atom. The van der Waals surface area contributed by atoms with Crippen molar-refractivity contribution in [1.29, 1.82) is 0 Å². The van der Waals surface area contributed by atoms with Crippen LogP contribution in [0.25, 0.3) is 0 Å². The van der Waals surface area contributed by atoms with E-state index in [9.17, 15) is 0 Å². The molecule has 0 heterocycles. The fourth-order valence-electron chi connectivity index (χ4n) is 2.88. The van der Waals surface area contributed by atoms with Gasteiger partial charge in [-0.1, -0.05) is 26.7 Å². The minimum absolute atomic E-state index is 0.379. The van der Waals surface area contributed by atoms with Crippen LogP contribution in [-0.2, 0) is 0 Å². The average molecular weight is 184 g/mol. The minimum atomic E-state index is 0.379. The van der Waals surface area contributed by atoms with Crippen LogP contribution in [0.4, 0.5) is 0 Å². The van der Waals surface area contributed by atoms with Crippen molar-refractivity contribution < 1.29 is 5.11 Å². The summed E-state index contributed by atoms with van der Waals surface area (Å²) in [5.41, 5.74) is 0. The zero-order chi connectivity index (χ0) is 9.68. The molecule has 1 fully saturated rings. The molecule has 13 heavy (non-hydrogen) atoms. The molecule has 0 aromatic rings. The third-order valence-electron chi connectivity index (χ3n) is 3.77. The van der Waals surface area contributed by atoms with E-state index in [4.69, 9.17) is 5.11 Å². The lowest BCUT2D eigenvalue weighted by atomic mass is 9.90. The first kappa shape index (κ1) is 11.0. The van der Waals surface area contributed by atoms with Crippen LogP contribution < -0.4 is 0 Å². The van der Waals surface area contributed by atoms with E-state index < -0.39 is 0 Å². The fraction of sp³-hybridized carbons (Fsp3) is 1.00. The van der Waals surface area contributed by atoms with Crippen LogP contribution in [-0.4, -0.2) is 11.7 Å². The summed E-state index contributed by atoms with van der Waals surface area (Å²) < 4.78 is 0. The Morgan fingerprint density at radius 2 is 1.77 bits per heavy atom. The zero-order valence-corrected chi connectivity index (χ0v) is 9.13. The van der Waals surface area contributed by atoms with Gasteiger partial charge in [0.15, 0.2) is 0 Å². The van der Waals surface area contributed by atoms with Gasteiger partial charge in [0.25, 0.3) is 0 Å². The predicted octanol–water partition coefficient (Wildman–Crippen LogP) is 3.22. The number of hydrogen-bond acceptors (Lipinski definition) is 1. The van der Waals surface area contributed by atoms with Crippen molar-refractivity contribution in [3.8, 4) is 0 Å². The second-order valence-corrected chi connectivity index (χ2v) is 4.54. The van der Waals surface area contributed by atoms with E-state index in [1.807, 2.05) is 0 Å². The molecular weight excluding hydrogens is 160 g/mol. The molecule has 0 saturated heterocycles. The maximum atomic E-state index is 8.81. The van der Waals surface area contributed by atoms with Crippen molar-refractivity contribution in [3.63, 3.8) is 0 Å². The normalized spacial score (nSPS) is 33.9. The summed E-state index contributed by atoms with van der Waals surface area (Å²) in [5.74, 6) is 2.85. The van der Waals surface area contributed by atoms with E-state index in [2.05, 4.69) is 13.8 Å². The van der Waals surface area contributed by atoms with Gasteiger partial charge >= 0.3 is 0 Å². The number of aliphatic hydroxyl groups excluding tert-OH is 1. The highest BCUT2D eigenvalue weighted by Crippen LogP contribution is 2.41. The summed E-state index contributed by atoms with van der Waals surface area (Å²) in [5, 5.41) is 8.81. The van der Waals surface area contributed by atoms with Crippen molar-refractivity contribution >= 4 is 0 Å². The molecule has 1 heteroatoms. The third kappa shape index (κ3) is 2.98. The smallest absolute Gasteiger partial charge is 0.0431 e. The Labute approximate surface area is 82.5 Å². The quantitative estimate of drug-likeness (QED) is 0.695. The first-order valence-corrected chi connectivity index (χ1v) is 5.92. The molecule has 1 rings (SSSR count). The van der Waals surface area contributed by atoms with Crippen LogP contribution >= 0.6 is 0 Å². The molecule has 0 aromatic carbocycles. The summed E-state index contributed by atoms with van der Waals surface area (Å²) in [4.78, 5) is 0. The van der Waals surface area contributed by atoms with Crippen molar-refractivity contribution in [3.05, 3.63) is 0 Å². The van der Waals surface area contributed by atoms with Crippen molar-refractivity contribution in [2.45, 2.75) is 52.4 Å². The summed E-state index contributed by atoms with van der Waals surface area (Å²) in [7, 11) is 0. The molecule has 1 N–H and O–H groups in total. The van der Waals surface area contributed by atoms with Crippen LogP contribution in [0.15, 0.2) is 0 Å². The van der Waals surface area contributed by atoms with Crippen LogP contribution in [0, 0.1) is 17.8 Å². The van der Waals surface area contributed by atoms with Gasteiger partial charge in [0, 0.05) is 6.61 Å². The Hall–Kier alpha value is -0.0400. The van der Waals surface area contributed by atoms with Gasteiger partial charge in [-0.15, -0.1) is 0 Å². The van der Waals surface area contributed by atoms with E-state index in [1.54, 1.807) is 0 Å². The highest BCUT2D eigenvalue weighted by atomic mass is 16.2. The van der Waals surface area contributed by atoms with E-state index >= 15 is 0 Å². The number of rotatable bonds is 5. The van der Waals surface area contributed by atoms with Crippen molar-refractivity contribution in [2.75, 3.05) is 6.61 Å². The Kier molecular flexibility index (Phi) is 4.79. The van der Waals surface area contributed by atoms with Gasteiger partial charge in [-0.2, -0.15) is 0 Å². The van der Waals surface area contributed by atoms with Gasteiger partial charge in [-0.3, -0.25) is 0 Å². The van der Waals surface area contributed by atoms with Crippen LogP contribution in [0.5, 0.6) is 0 Å². The van der Waals surface area contributed by atoms with Crippen LogP contribution in [0.1, 0.15) is 52.4 Å². The molecule has 0 bridgehead atoms. The molecule has 0 aromatic heterocycles. The van der Waals surface area contributed by atoms with E-state index in [0.29, 0.717) is 6.61 Å². The van der Waals surface area contributed by atoms with Crippen LogP contribution in [0.3, 0.4) is 0 Å². The van der Waals surface area contributed by atoms with Crippen LogP contribution in [0.2, 0.25) is 0 Å². The molecular formula is C12H24O. The molecule has 3 atom stereocenters. The van der Waals surface area contributed by atoms with Gasteiger partial charge in [0.1, 0.15) is 0 Å². The van der Waals surface area contributed by atoms with Gasteiger partial charge in [-0.05, 0) is 43.4 Å². The number of aliphatic hydroxyl groups is 1. The lowest BCUT2D eigenvalue weighted by Crippen LogP contribution is -2.07. The molecule has 1 saturated carbocycles. The second kappa shape index (κ2) is 5.64. The third-order valence-corrected chi connectivity index (χ3v) is 3.77. The molecule has 1 aliphatic rings. The predicted molar refractivity (Wildman–Crippen MR) is 56.6 cm³/mol. The van der Waals surface area contributed by atoms with E-state index in [1.165, 1.54) is 32.1 Å². The second-order valence-electron chi connectivity index (χ2n) is 4.54. The molecule has 1 aliphatic carbocycles. The lowest BCUT2D eigenvalue weighted by Gasteiger charge is -2.16. The topological polar surface area (TPSA) is 20.2 Å². The van der Waals surface area contributed by atoms with Crippen molar-refractivity contribution in [2.24, 2.45) is 17.8 Å². The van der Waals surface area contributed by atoms with E-state index in [-0.39, 0.29) is 0 Å². The summed E-state index contributed by atoms with van der Waals surface area (Å²) in [6, 6.07) is 0. The molecule has 0 radical (unpaired) electrons. The Bertz CT molecular complexity index is 133. The maximum absolute atomic E-state index is 8.81. The lowest BCUT2D eigenvalue weighted by molar-refractivity contribution is 0.255. The summed E-state index contributed by atoms with van der Waals surface area (Å²) >= 11 is 0. The van der Waals surface area contributed by atoms with Gasteiger partial charge in [0.05, 0.1) is 0 Å². The highest BCUT2D eigenvalue weighted by molar-refractivity contribution is 4.81. The van der Waals surface area contributed by atoms with Gasteiger partial charge < -0.3 is 5.11 Å². The first-order valence-electron chi connectivity index (χ1n) is 5.92. The van der Waals surface area contributed by atoms with E-state index in [0.717, 1.165) is 24.2 Å². The SMILES string of the molecule is CCC1CC(CC)C(CCCO)C1. The summed E-state index contributed by atoms with van der Waals surface area (Å²) in [6.07, 6.45) is 7.83. The Balaban J connectivity index is 2.33. The highest BCUT2D eigenvalue weighted by Gasteiger charge is 2.31. The minimum Gasteiger partial charge on any atom is -0.396 e. The monoisotopic (exact) mass is 184 g/mol. The average Bonchev–Trinajstić information content (AvgIpc) is 2.57. The molecule has 0 amide bonds. The largest absolute Gasteiger partial charge is 0.396 e. The Morgan fingerprint density at radius 1 is 1.08 bits per heavy atom. The molecule has 3 unspecified atom stereocenters. The molecule has 0 aliphatic heterocycles. The molecule has 0 spiro atoms. The van der Waals surface area contributed by atoms with Crippen molar-refractivity contribution in [1.82, 2.24) is 0 Å². The zero-order valence-electron chi connectivity index (χ0n) is 9.13. The standard InChI is InChI=1S/C12H24O/c1-3-10-8-11(4-2)12(9-10)6-5-7-13/h10-13H,3-9H2,1-2H3. The maximum Gasteiger partial charge on any atom is 0.0431 e. The van der Waals surface area contributed by atoms with Gasteiger partial charge in [-0.25, -0.2) is 0 Å². The first-order chi connectivity index (χ1) is 6.31. The summed E-state index contributed by atoms with van der Waals surface area (Å²) in [6.45, 7) is 5.00. The molecule has 78 valence electrons. The fourth-order valence-corrected chi connectivity index (χ4v) is 2.88. The van der Waals surface area contributed by atoms with Gasteiger partial charge in [0.2, 0.25) is 0 Å². The number of hydrogen-bond donors (Lipinski definition) is 1. The molecule has 1 nitrogen and oxygen atoms in total.